The maximum atomic E-state index is 12.6. The number of halogens is 1. The SMILES string of the molecule is O=C(/C=C/c1ccccc1)N[C@@H](Cc1ccccc1)c1nc(-c2cccc(Cl)c2)no1. The minimum absolute atomic E-state index is 0.243. The largest absolute Gasteiger partial charge is 0.340 e. The molecule has 0 aliphatic carbocycles. The molecule has 154 valence electrons. The molecular weight excluding hydrogens is 410 g/mol. The molecule has 0 bridgehead atoms. The van der Waals surface area contributed by atoms with Gasteiger partial charge in [-0.15, -0.1) is 0 Å². The Bertz CT molecular complexity index is 1170. The average molecular weight is 430 g/mol. The van der Waals surface area contributed by atoms with Crippen LogP contribution in [0.3, 0.4) is 0 Å². The zero-order valence-corrected chi connectivity index (χ0v) is 17.4. The van der Waals surface area contributed by atoms with Crippen molar-refractivity contribution in [1.82, 2.24) is 15.5 Å². The first-order valence-electron chi connectivity index (χ1n) is 9.84. The van der Waals surface area contributed by atoms with E-state index in [1.807, 2.05) is 72.8 Å². The second-order valence-electron chi connectivity index (χ2n) is 6.96. The molecule has 4 aromatic rings. The molecular formula is C25H20ClN3O2. The maximum Gasteiger partial charge on any atom is 0.249 e. The van der Waals surface area contributed by atoms with Gasteiger partial charge in [0.2, 0.25) is 17.6 Å². The first kappa shape index (κ1) is 20.6. The number of carbonyl (C=O) groups excluding carboxylic acids is 1. The molecule has 0 aliphatic rings. The molecule has 1 atom stereocenters. The lowest BCUT2D eigenvalue weighted by Gasteiger charge is -2.14. The lowest BCUT2D eigenvalue weighted by Crippen LogP contribution is -2.28. The summed E-state index contributed by atoms with van der Waals surface area (Å²) in [6.07, 6.45) is 3.78. The highest BCUT2D eigenvalue weighted by molar-refractivity contribution is 6.30. The third kappa shape index (κ3) is 5.68. The number of aromatic nitrogens is 2. The van der Waals surface area contributed by atoms with Gasteiger partial charge >= 0.3 is 0 Å². The van der Waals surface area contributed by atoms with Crippen molar-refractivity contribution in [2.24, 2.45) is 0 Å². The molecule has 1 N–H and O–H groups in total. The topological polar surface area (TPSA) is 68.0 Å². The number of nitrogens with one attached hydrogen (secondary N) is 1. The van der Waals surface area contributed by atoms with E-state index in [0.29, 0.717) is 23.2 Å². The fraction of sp³-hybridized carbons (Fsp3) is 0.0800. The Morgan fingerprint density at radius 3 is 2.48 bits per heavy atom. The molecule has 0 unspecified atom stereocenters. The van der Waals surface area contributed by atoms with Crippen molar-refractivity contribution in [2.45, 2.75) is 12.5 Å². The fourth-order valence-electron chi connectivity index (χ4n) is 3.13. The van der Waals surface area contributed by atoms with Gasteiger partial charge < -0.3 is 9.84 Å². The van der Waals surface area contributed by atoms with Crippen molar-refractivity contribution in [1.29, 1.82) is 0 Å². The van der Waals surface area contributed by atoms with Crippen LogP contribution in [-0.4, -0.2) is 16.0 Å². The van der Waals surface area contributed by atoms with E-state index in [9.17, 15) is 4.79 Å². The van der Waals surface area contributed by atoms with Crippen LogP contribution in [-0.2, 0) is 11.2 Å². The molecule has 5 nitrogen and oxygen atoms in total. The Morgan fingerprint density at radius 2 is 1.74 bits per heavy atom. The molecule has 4 rings (SSSR count). The number of hydrogen-bond acceptors (Lipinski definition) is 4. The summed E-state index contributed by atoms with van der Waals surface area (Å²) in [5.74, 6) is 0.511. The summed E-state index contributed by atoms with van der Waals surface area (Å²) < 4.78 is 5.51. The van der Waals surface area contributed by atoms with Crippen molar-refractivity contribution >= 4 is 23.6 Å². The second-order valence-corrected chi connectivity index (χ2v) is 7.40. The highest BCUT2D eigenvalue weighted by Gasteiger charge is 2.21. The molecule has 0 fully saturated rings. The Labute approximate surface area is 185 Å². The lowest BCUT2D eigenvalue weighted by atomic mass is 10.1. The molecule has 3 aromatic carbocycles. The van der Waals surface area contributed by atoms with Gasteiger partial charge in [-0.3, -0.25) is 4.79 Å². The Kier molecular flexibility index (Phi) is 6.55. The number of amides is 1. The summed E-state index contributed by atoms with van der Waals surface area (Å²) in [7, 11) is 0. The fourth-order valence-corrected chi connectivity index (χ4v) is 3.32. The van der Waals surface area contributed by atoms with E-state index in [4.69, 9.17) is 16.1 Å². The predicted molar refractivity (Wildman–Crippen MR) is 121 cm³/mol. The smallest absolute Gasteiger partial charge is 0.249 e. The molecule has 1 heterocycles. The summed E-state index contributed by atoms with van der Waals surface area (Å²) in [5.41, 5.74) is 2.73. The Hall–Kier alpha value is -3.70. The third-order valence-corrected chi connectivity index (χ3v) is 4.88. The molecule has 0 spiro atoms. The highest BCUT2D eigenvalue weighted by Crippen LogP contribution is 2.23. The minimum Gasteiger partial charge on any atom is -0.340 e. The molecule has 0 saturated heterocycles. The average Bonchev–Trinajstić information content (AvgIpc) is 3.29. The van der Waals surface area contributed by atoms with Crippen LogP contribution in [0.15, 0.2) is 95.5 Å². The normalized spacial score (nSPS) is 12.0. The Morgan fingerprint density at radius 1 is 1.00 bits per heavy atom. The summed E-state index contributed by atoms with van der Waals surface area (Å²) in [6.45, 7) is 0. The van der Waals surface area contributed by atoms with E-state index < -0.39 is 6.04 Å². The van der Waals surface area contributed by atoms with Crippen LogP contribution in [0.2, 0.25) is 5.02 Å². The van der Waals surface area contributed by atoms with Crippen LogP contribution >= 0.6 is 11.6 Å². The van der Waals surface area contributed by atoms with E-state index in [2.05, 4.69) is 15.5 Å². The standard InChI is InChI=1S/C25H20ClN3O2/c26-21-13-7-12-20(17-21)24-28-25(31-29-24)22(16-19-10-5-2-6-11-19)27-23(30)15-14-18-8-3-1-4-9-18/h1-15,17,22H,16H2,(H,27,30)/b15-14+/t22-/m0/s1. The van der Waals surface area contributed by atoms with Gasteiger partial charge in [0.05, 0.1) is 0 Å². The lowest BCUT2D eigenvalue weighted by molar-refractivity contribution is -0.117. The van der Waals surface area contributed by atoms with Crippen molar-refractivity contribution < 1.29 is 9.32 Å². The zero-order chi connectivity index (χ0) is 21.5. The van der Waals surface area contributed by atoms with E-state index in [0.717, 1.165) is 16.7 Å². The predicted octanol–water partition coefficient (Wildman–Crippen LogP) is 5.50. The molecule has 0 radical (unpaired) electrons. The van der Waals surface area contributed by atoms with Gasteiger partial charge in [0.1, 0.15) is 6.04 Å². The van der Waals surface area contributed by atoms with Gasteiger partial charge in [0.25, 0.3) is 0 Å². The van der Waals surface area contributed by atoms with Crippen LogP contribution in [0, 0.1) is 0 Å². The molecule has 1 aromatic heterocycles. The van der Waals surface area contributed by atoms with Crippen LogP contribution in [0.5, 0.6) is 0 Å². The number of nitrogens with zero attached hydrogens (tertiary/aromatic N) is 2. The van der Waals surface area contributed by atoms with E-state index in [1.165, 1.54) is 6.08 Å². The van der Waals surface area contributed by atoms with E-state index in [-0.39, 0.29) is 5.91 Å². The summed E-state index contributed by atoms with van der Waals surface area (Å²) in [6, 6.07) is 26.2. The number of carbonyl (C=O) groups is 1. The van der Waals surface area contributed by atoms with Crippen molar-refractivity contribution in [3.63, 3.8) is 0 Å². The first-order chi connectivity index (χ1) is 15.2. The summed E-state index contributed by atoms with van der Waals surface area (Å²) in [4.78, 5) is 17.1. The summed E-state index contributed by atoms with van der Waals surface area (Å²) in [5, 5.41) is 7.64. The third-order valence-electron chi connectivity index (χ3n) is 4.65. The zero-order valence-electron chi connectivity index (χ0n) is 16.6. The number of rotatable bonds is 7. The molecule has 0 saturated carbocycles. The number of benzene rings is 3. The van der Waals surface area contributed by atoms with Crippen LogP contribution in [0.1, 0.15) is 23.1 Å². The van der Waals surface area contributed by atoms with Gasteiger partial charge in [-0.25, -0.2) is 0 Å². The molecule has 0 aliphatic heterocycles. The highest BCUT2D eigenvalue weighted by atomic mass is 35.5. The van der Waals surface area contributed by atoms with Crippen molar-refractivity contribution in [3.05, 3.63) is 113 Å². The van der Waals surface area contributed by atoms with Gasteiger partial charge in [-0.05, 0) is 29.3 Å². The van der Waals surface area contributed by atoms with E-state index >= 15 is 0 Å². The van der Waals surface area contributed by atoms with Crippen LogP contribution < -0.4 is 5.32 Å². The number of hydrogen-bond donors (Lipinski definition) is 1. The minimum atomic E-state index is -0.476. The first-order valence-corrected chi connectivity index (χ1v) is 10.2. The van der Waals surface area contributed by atoms with Gasteiger partial charge in [0.15, 0.2) is 0 Å². The van der Waals surface area contributed by atoms with Crippen molar-refractivity contribution in [3.8, 4) is 11.4 Å². The Balaban J connectivity index is 1.56. The van der Waals surface area contributed by atoms with Gasteiger partial charge in [0, 0.05) is 23.1 Å². The van der Waals surface area contributed by atoms with Crippen LogP contribution in [0.25, 0.3) is 17.5 Å². The van der Waals surface area contributed by atoms with Crippen LogP contribution in [0.4, 0.5) is 0 Å². The second kappa shape index (κ2) is 9.87. The summed E-state index contributed by atoms with van der Waals surface area (Å²) >= 11 is 6.07. The molecule has 6 heteroatoms. The molecule has 31 heavy (non-hydrogen) atoms. The van der Waals surface area contributed by atoms with E-state index in [1.54, 1.807) is 18.2 Å². The van der Waals surface area contributed by atoms with Gasteiger partial charge in [-0.1, -0.05) is 89.6 Å². The quantitative estimate of drug-likeness (QED) is 0.394. The van der Waals surface area contributed by atoms with Gasteiger partial charge in [-0.2, -0.15) is 4.98 Å². The maximum absolute atomic E-state index is 12.6. The monoisotopic (exact) mass is 429 g/mol. The molecule has 1 amide bonds. The van der Waals surface area contributed by atoms with Crippen molar-refractivity contribution in [2.75, 3.05) is 0 Å².